The van der Waals surface area contributed by atoms with Crippen LogP contribution in [0.3, 0.4) is 0 Å². The molecule has 4 amide bonds. The number of barbiturate groups is 1. The van der Waals surface area contributed by atoms with E-state index in [9.17, 15) is 24.3 Å². The van der Waals surface area contributed by atoms with Crippen LogP contribution in [0.4, 0.5) is 10.5 Å². The lowest BCUT2D eigenvalue weighted by Crippen LogP contribution is -2.54. The number of aryl methyl sites for hydroxylation is 1. The summed E-state index contributed by atoms with van der Waals surface area (Å²) in [6.45, 7) is 1.80. The van der Waals surface area contributed by atoms with Crippen molar-refractivity contribution in [3.05, 3.63) is 77.3 Å². The Labute approximate surface area is 175 Å². The topological polar surface area (TPSA) is 130 Å². The van der Waals surface area contributed by atoms with E-state index in [0.29, 0.717) is 11.3 Å². The van der Waals surface area contributed by atoms with Gasteiger partial charge in [-0.15, -0.1) is 0 Å². The molecule has 1 aliphatic rings. The first kappa shape index (κ1) is 19.8. The van der Waals surface area contributed by atoms with Gasteiger partial charge in [0.1, 0.15) is 17.1 Å². The van der Waals surface area contributed by atoms with Crippen molar-refractivity contribution in [1.29, 1.82) is 0 Å². The lowest BCUT2D eigenvalue weighted by molar-refractivity contribution is -0.122. The molecule has 0 atom stereocenters. The summed E-state index contributed by atoms with van der Waals surface area (Å²) in [7, 11) is 0. The lowest BCUT2D eigenvalue weighted by Gasteiger charge is -2.25. The molecular formula is C22H15N3O6. The molecule has 1 aromatic carbocycles. The number of nitrogens with one attached hydrogen (secondary N) is 1. The predicted octanol–water partition coefficient (Wildman–Crippen LogP) is 3.01. The van der Waals surface area contributed by atoms with Crippen molar-refractivity contribution in [3.8, 4) is 11.3 Å². The number of hydrogen-bond acceptors (Lipinski definition) is 6. The number of carbonyl (C=O) groups excluding carboxylic acids is 3. The molecule has 1 saturated heterocycles. The number of benzene rings is 1. The van der Waals surface area contributed by atoms with Crippen LogP contribution in [0.5, 0.6) is 0 Å². The number of urea groups is 1. The van der Waals surface area contributed by atoms with Gasteiger partial charge in [-0.2, -0.15) is 0 Å². The highest BCUT2D eigenvalue weighted by Gasteiger charge is 2.37. The molecule has 154 valence electrons. The molecule has 0 saturated carbocycles. The number of imide groups is 2. The van der Waals surface area contributed by atoms with E-state index in [2.05, 4.69) is 10.3 Å². The minimum absolute atomic E-state index is 0.101. The Hall–Kier alpha value is -4.53. The van der Waals surface area contributed by atoms with Crippen LogP contribution in [0.2, 0.25) is 0 Å². The van der Waals surface area contributed by atoms with Crippen LogP contribution in [0.15, 0.2) is 64.8 Å². The van der Waals surface area contributed by atoms with Crippen LogP contribution in [-0.4, -0.2) is 33.9 Å². The average Bonchev–Trinajstić information content (AvgIpc) is 3.20. The second-order valence-corrected chi connectivity index (χ2v) is 6.71. The summed E-state index contributed by atoms with van der Waals surface area (Å²) in [6.07, 6.45) is 4.05. The molecule has 2 aromatic heterocycles. The molecule has 31 heavy (non-hydrogen) atoms. The number of aromatic carboxylic acids is 1. The van der Waals surface area contributed by atoms with E-state index in [1.54, 1.807) is 31.2 Å². The maximum absolute atomic E-state index is 12.8. The van der Waals surface area contributed by atoms with E-state index in [1.165, 1.54) is 36.7 Å². The summed E-state index contributed by atoms with van der Waals surface area (Å²) in [5.74, 6) is -2.17. The monoisotopic (exact) mass is 417 g/mol. The largest absolute Gasteiger partial charge is 0.478 e. The first-order valence-corrected chi connectivity index (χ1v) is 9.11. The number of carboxylic acids is 1. The highest BCUT2D eigenvalue weighted by atomic mass is 16.4. The Morgan fingerprint density at radius 3 is 2.68 bits per heavy atom. The van der Waals surface area contributed by atoms with Gasteiger partial charge in [-0.05, 0) is 55.0 Å². The van der Waals surface area contributed by atoms with Crippen molar-refractivity contribution < 1.29 is 28.7 Å². The summed E-state index contributed by atoms with van der Waals surface area (Å²) in [5, 5.41) is 11.3. The third-order valence-electron chi connectivity index (χ3n) is 4.67. The Kier molecular flexibility index (Phi) is 4.92. The van der Waals surface area contributed by atoms with E-state index in [1.807, 2.05) is 0 Å². The lowest BCUT2D eigenvalue weighted by atomic mass is 10.0. The molecule has 3 heterocycles. The molecule has 2 N–H and O–H groups in total. The maximum atomic E-state index is 12.8. The third-order valence-corrected chi connectivity index (χ3v) is 4.67. The zero-order chi connectivity index (χ0) is 22.1. The molecule has 9 nitrogen and oxygen atoms in total. The number of hydrogen-bond donors (Lipinski definition) is 2. The Morgan fingerprint density at radius 1 is 1.16 bits per heavy atom. The van der Waals surface area contributed by atoms with Crippen molar-refractivity contribution in [3.63, 3.8) is 0 Å². The van der Waals surface area contributed by atoms with Gasteiger partial charge < -0.3 is 9.52 Å². The van der Waals surface area contributed by atoms with E-state index in [0.717, 1.165) is 10.5 Å². The van der Waals surface area contributed by atoms with Crippen molar-refractivity contribution in [2.24, 2.45) is 0 Å². The fourth-order valence-electron chi connectivity index (χ4n) is 3.12. The third kappa shape index (κ3) is 3.71. The maximum Gasteiger partial charge on any atom is 0.336 e. The number of furan rings is 1. The number of rotatable bonds is 4. The predicted molar refractivity (Wildman–Crippen MR) is 109 cm³/mol. The molecule has 0 bridgehead atoms. The number of carboxylic acid groups (broad SMARTS) is 1. The van der Waals surface area contributed by atoms with Crippen molar-refractivity contribution >= 4 is 35.6 Å². The van der Waals surface area contributed by atoms with Gasteiger partial charge in [0.2, 0.25) is 0 Å². The van der Waals surface area contributed by atoms with Gasteiger partial charge in [0.15, 0.2) is 0 Å². The summed E-state index contributed by atoms with van der Waals surface area (Å²) >= 11 is 0. The highest BCUT2D eigenvalue weighted by molar-refractivity contribution is 6.39. The molecule has 0 radical (unpaired) electrons. The minimum atomic E-state index is -1.07. The average molecular weight is 417 g/mol. The zero-order valence-electron chi connectivity index (χ0n) is 16.2. The number of anilines is 1. The fourth-order valence-corrected chi connectivity index (χ4v) is 3.12. The second kappa shape index (κ2) is 7.71. The quantitative estimate of drug-likeness (QED) is 0.493. The van der Waals surface area contributed by atoms with Crippen molar-refractivity contribution in [2.45, 2.75) is 6.92 Å². The smallest absolute Gasteiger partial charge is 0.336 e. The van der Waals surface area contributed by atoms with Crippen molar-refractivity contribution in [1.82, 2.24) is 10.3 Å². The van der Waals surface area contributed by atoms with E-state index >= 15 is 0 Å². The molecule has 0 aliphatic carbocycles. The summed E-state index contributed by atoms with van der Waals surface area (Å²) in [5.41, 5.74) is 1.38. The molecule has 0 unspecified atom stereocenters. The molecular weight excluding hydrogens is 402 g/mol. The molecule has 1 aliphatic heterocycles. The van der Waals surface area contributed by atoms with E-state index in [4.69, 9.17) is 4.42 Å². The summed E-state index contributed by atoms with van der Waals surface area (Å²) in [6, 6.07) is 9.98. The number of amides is 4. The highest BCUT2D eigenvalue weighted by Crippen LogP contribution is 2.28. The van der Waals surface area contributed by atoms with Crippen molar-refractivity contribution in [2.75, 3.05) is 4.90 Å². The van der Waals surface area contributed by atoms with Gasteiger partial charge in [-0.1, -0.05) is 6.07 Å². The molecule has 9 heteroatoms. The Bertz CT molecular complexity index is 1260. The second-order valence-electron chi connectivity index (χ2n) is 6.71. The van der Waals surface area contributed by atoms with Gasteiger partial charge in [0.05, 0.1) is 17.4 Å². The van der Waals surface area contributed by atoms with Crippen LogP contribution in [0.25, 0.3) is 17.4 Å². The van der Waals surface area contributed by atoms with Gasteiger partial charge >= 0.3 is 12.0 Å². The standard InChI is InChI=1S/C22H15N3O6/c1-12-4-5-13(21(28)29)9-16(12)18-7-6-15(31-18)10-17-19(26)24-22(30)25(20(17)27)14-3-2-8-23-11-14/h2-11H,1H3,(H,28,29)(H,24,26,30)/b17-10+. The van der Waals surface area contributed by atoms with Crippen LogP contribution in [0, 0.1) is 6.92 Å². The number of nitrogens with zero attached hydrogens (tertiary/aromatic N) is 2. The molecule has 1 fully saturated rings. The first-order chi connectivity index (χ1) is 14.8. The normalized spacial score (nSPS) is 15.3. The molecule has 3 aromatic rings. The molecule has 0 spiro atoms. The van der Waals surface area contributed by atoms with Crippen LogP contribution >= 0.6 is 0 Å². The Balaban J connectivity index is 1.69. The molecule has 4 rings (SSSR count). The zero-order valence-corrected chi connectivity index (χ0v) is 16.2. The summed E-state index contributed by atoms with van der Waals surface area (Å²) in [4.78, 5) is 53.2. The van der Waals surface area contributed by atoms with Crippen LogP contribution in [-0.2, 0) is 9.59 Å². The van der Waals surface area contributed by atoms with Gasteiger partial charge in [-0.25, -0.2) is 14.5 Å². The van der Waals surface area contributed by atoms with Crippen LogP contribution < -0.4 is 10.2 Å². The van der Waals surface area contributed by atoms with Gasteiger partial charge in [0, 0.05) is 11.8 Å². The SMILES string of the molecule is Cc1ccc(C(=O)O)cc1-c1ccc(/C=C2\C(=O)NC(=O)N(c3cccnc3)C2=O)o1. The van der Waals surface area contributed by atoms with Gasteiger partial charge in [-0.3, -0.25) is 19.9 Å². The number of pyridine rings is 1. The van der Waals surface area contributed by atoms with E-state index in [-0.39, 0.29) is 22.6 Å². The van der Waals surface area contributed by atoms with E-state index < -0.39 is 23.8 Å². The fraction of sp³-hybridized carbons (Fsp3) is 0.0455. The number of aromatic nitrogens is 1. The van der Waals surface area contributed by atoms with Crippen LogP contribution in [0.1, 0.15) is 21.7 Å². The summed E-state index contributed by atoms with van der Waals surface area (Å²) < 4.78 is 5.74. The number of carbonyl (C=O) groups is 4. The Morgan fingerprint density at radius 2 is 1.97 bits per heavy atom. The van der Waals surface area contributed by atoms with Gasteiger partial charge in [0.25, 0.3) is 11.8 Å². The minimum Gasteiger partial charge on any atom is -0.478 e. The first-order valence-electron chi connectivity index (χ1n) is 9.11.